The molecule has 43 heavy (non-hydrogen) atoms. The SMILES string of the molecule is Cc1cccc(C(C(=O)Nc2c(C)cccc2C)N(C(=O)C(CCC(N)=O)NC(=O)OC(C)(C)C)C(C)CCC(C)C)c1. The molecule has 0 radical (unpaired) electrons. The second-order valence-corrected chi connectivity index (χ2v) is 12.8. The Morgan fingerprint density at radius 2 is 1.51 bits per heavy atom. The fourth-order valence-corrected chi connectivity index (χ4v) is 4.97. The number of hydrogen-bond donors (Lipinski definition) is 3. The maximum Gasteiger partial charge on any atom is 0.408 e. The Morgan fingerprint density at radius 1 is 0.907 bits per heavy atom. The number of amides is 4. The molecule has 236 valence electrons. The van der Waals surface area contributed by atoms with Gasteiger partial charge in [-0.15, -0.1) is 0 Å². The summed E-state index contributed by atoms with van der Waals surface area (Å²) in [6.45, 7) is 17.0. The van der Waals surface area contributed by atoms with Gasteiger partial charge in [-0.3, -0.25) is 14.4 Å². The third-order valence-electron chi connectivity index (χ3n) is 7.17. The van der Waals surface area contributed by atoms with Gasteiger partial charge in [0.05, 0.1) is 0 Å². The number of nitrogens with two attached hydrogens (primary N) is 1. The van der Waals surface area contributed by atoms with Crippen LogP contribution in [-0.2, 0) is 19.1 Å². The second-order valence-electron chi connectivity index (χ2n) is 12.8. The predicted molar refractivity (Wildman–Crippen MR) is 170 cm³/mol. The summed E-state index contributed by atoms with van der Waals surface area (Å²) in [7, 11) is 0. The van der Waals surface area contributed by atoms with Gasteiger partial charge in [-0.1, -0.05) is 61.9 Å². The number of anilines is 1. The molecule has 0 spiro atoms. The van der Waals surface area contributed by atoms with Crippen LogP contribution in [0.2, 0.25) is 0 Å². The molecule has 0 fully saturated rings. The van der Waals surface area contributed by atoms with Crippen LogP contribution in [0.5, 0.6) is 0 Å². The van der Waals surface area contributed by atoms with Crippen LogP contribution in [0.4, 0.5) is 10.5 Å². The summed E-state index contributed by atoms with van der Waals surface area (Å²) in [5.41, 5.74) is 8.69. The van der Waals surface area contributed by atoms with Crippen LogP contribution in [0.1, 0.15) is 95.5 Å². The molecule has 0 bridgehead atoms. The number of para-hydroxylation sites is 1. The monoisotopic (exact) mass is 594 g/mol. The first-order valence-electron chi connectivity index (χ1n) is 15.0. The van der Waals surface area contributed by atoms with E-state index in [4.69, 9.17) is 10.5 Å². The van der Waals surface area contributed by atoms with Crippen molar-refractivity contribution in [1.82, 2.24) is 10.2 Å². The molecule has 3 unspecified atom stereocenters. The Kier molecular flexibility index (Phi) is 12.8. The van der Waals surface area contributed by atoms with Crippen LogP contribution in [-0.4, -0.2) is 46.4 Å². The first-order chi connectivity index (χ1) is 20.0. The van der Waals surface area contributed by atoms with Crippen LogP contribution < -0.4 is 16.4 Å². The molecule has 2 rings (SSSR count). The lowest BCUT2D eigenvalue weighted by molar-refractivity contribution is -0.143. The maximum atomic E-state index is 14.6. The average molecular weight is 595 g/mol. The molecule has 0 aromatic heterocycles. The van der Waals surface area contributed by atoms with Gasteiger partial charge in [-0.25, -0.2) is 4.79 Å². The predicted octanol–water partition coefficient (Wildman–Crippen LogP) is 6.10. The van der Waals surface area contributed by atoms with E-state index in [0.717, 1.165) is 23.1 Å². The Balaban J connectivity index is 2.68. The average Bonchev–Trinajstić information content (AvgIpc) is 2.88. The second kappa shape index (κ2) is 15.5. The minimum atomic E-state index is -1.15. The number of aryl methyl sites for hydroxylation is 3. The Labute approximate surface area is 256 Å². The zero-order chi connectivity index (χ0) is 32.5. The van der Waals surface area contributed by atoms with Crippen molar-refractivity contribution in [3.63, 3.8) is 0 Å². The van der Waals surface area contributed by atoms with E-state index in [0.29, 0.717) is 23.6 Å². The Bertz CT molecular complexity index is 1260. The minimum Gasteiger partial charge on any atom is -0.444 e. The van der Waals surface area contributed by atoms with Crippen molar-refractivity contribution < 1.29 is 23.9 Å². The number of nitrogens with one attached hydrogen (secondary N) is 2. The van der Waals surface area contributed by atoms with Gasteiger partial charge in [-0.2, -0.15) is 0 Å². The number of ether oxygens (including phenoxy) is 1. The highest BCUT2D eigenvalue weighted by Crippen LogP contribution is 2.31. The molecule has 2 aromatic carbocycles. The van der Waals surface area contributed by atoms with Crippen LogP contribution in [0, 0.1) is 26.7 Å². The van der Waals surface area contributed by atoms with Gasteiger partial charge >= 0.3 is 6.09 Å². The summed E-state index contributed by atoms with van der Waals surface area (Å²) in [4.78, 5) is 55.1. The number of rotatable bonds is 13. The van der Waals surface area contributed by atoms with Gasteiger partial charge in [0, 0.05) is 18.2 Å². The molecule has 4 amide bonds. The van der Waals surface area contributed by atoms with Gasteiger partial charge in [-0.05, 0) is 90.3 Å². The summed E-state index contributed by atoms with van der Waals surface area (Å²) in [5, 5.41) is 5.76. The zero-order valence-electron chi connectivity index (χ0n) is 27.2. The number of benzene rings is 2. The van der Waals surface area contributed by atoms with E-state index in [1.165, 1.54) is 0 Å². The van der Waals surface area contributed by atoms with Gasteiger partial charge in [0.25, 0.3) is 5.91 Å². The molecule has 0 aliphatic heterocycles. The molecule has 0 saturated heterocycles. The van der Waals surface area contributed by atoms with E-state index in [-0.39, 0.29) is 24.8 Å². The number of nitrogens with zero attached hydrogens (tertiary/aromatic N) is 1. The first-order valence-corrected chi connectivity index (χ1v) is 15.0. The van der Waals surface area contributed by atoms with Gasteiger partial charge < -0.3 is 26.0 Å². The molecule has 9 heteroatoms. The van der Waals surface area contributed by atoms with Crippen molar-refractivity contribution in [2.75, 3.05) is 5.32 Å². The molecular formula is C34H50N4O5. The van der Waals surface area contributed by atoms with E-state index in [1.54, 1.807) is 25.7 Å². The fourth-order valence-electron chi connectivity index (χ4n) is 4.97. The van der Waals surface area contributed by atoms with Crippen LogP contribution in [0.25, 0.3) is 0 Å². The number of primary amides is 1. The van der Waals surface area contributed by atoms with Crippen molar-refractivity contribution in [2.45, 2.75) is 112 Å². The molecule has 0 heterocycles. The van der Waals surface area contributed by atoms with E-state index in [9.17, 15) is 19.2 Å². The summed E-state index contributed by atoms with van der Waals surface area (Å²) < 4.78 is 5.44. The van der Waals surface area contributed by atoms with Crippen molar-refractivity contribution in [2.24, 2.45) is 11.7 Å². The summed E-state index contributed by atoms with van der Waals surface area (Å²) in [6.07, 6.45) is 0.466. The third kappa shape index (κ3) is 11.0. The quantitative estimate of drug-likeness (QED) is 0.258. The van der Waals surface area contributed by atoms with Crippen molar-refractivity contribution in [3.8, 4) is 0 Å². The smallest absolute Gasteiger partial charge is 0.408 e. The van der Waals surface area contributed by atoms with Gasteiger partial charge in [0.1, 0.15) is 17.7 Å². The van der Waals surface area contributed by atoms with Gasteiger partial charge in [0.2, 0.25) is 11.8 Å². The number of hydrogen-bond acceptors (Lipinski definition) is 5. The third-order valence-corrected chi connectivity index (χ3v) is 7.17. The molecule has 3 atom stereocenters. The number of carbonyl (C=O) groups is 4. The standard InChI is InChI=1S/C34H50N4O5/c1-21(2)16-17-25(6)38(32(41)27(18-19-28(35)39)36-33(42)43-34(7,8)9)30(26-15-10-12-22(3)20-26)31(40)37-29-23(4)13-11-14-24(29)5/h10-15,20-21,25,27,30H,16-19H2,1-9H3,(H2,35,39)(H,36,42)(H,37,40). The molecule has 4 N–H and O–H groups in total. The van der Waals surface area contributed by atoms with Crippen molar-refractivity contribution in [3.05, 3.63) is 64.7 Å². The maximum absolute atomic E-state index is 14.6. The normalized spacial score (nSPS) is 13.5. The molecule has 0 aliphatic rings. The lowest BCUT2D eigenvalue weighted by Gasteiger charge is -2.39. The summed E-state index contributed by atoms with van der Waals surface area (Å²) >= 11 is 0. The zero-order valence-corrected chi connectivity index (χ0v) is 27.2. The molecule has 0 aliphatic carbocycles. The van der Waals surface area contributed by atoms with Gasteiger partial charge in [0.15, 0.2) is 0 Å². The van der Waals surface area contributed by atoms with Crippen LogP contribution >= 0.6 is 0 Å². The van der Waals surface area contributed by atoms with Crippen molar-refractivity contribution >= 4 is 29.5 Å². The molecule has 0 saturated carbocycles. The summed E-state index contributed by atoms with van der Waals surface area (Å²) in [5.74, 6) is -1.11. The van der Waals surface area contributed by atoms with E-state index in [2.05, 4.69) is 24.5 Å². The molecule has 2 aromatic rings. The largest absolute Gasteiger partial charge is 0.444 e. The lowest BCUT2D eigenvalue weighted by atomic mass is 9.95. The lowest BCUT2D eigenvalue weighted by Crippen LogP contribution is -2.55. The molecule has 9 nitrogen and oxygen atoms in total. The van der Waals surface area contributed by atoms with E-state index in [1.807, 2.05) is 70.2 Å². The Hall–Kier alpha value is -3.88. The first kappa shape index (κ1) is 35.3. The number of alkyl carbamates (subject to hydrolysis) is 1. The minimum absolute atomic E-state index is 0.0418. The molecular weight excluding hydrogens is 544 g/mol. The highest BCUT2D eigenvalue weighted by atomic mass is 16.6. The topological polar surface area (TPSA) is 131 Å². The highest BCUT2D eigenvalue weighted by molar-refractivity contribution is 6.00. The highest BCUT2D eigenvalue weighted by Gasteiger charge is 2.39. The van der Waals surface area contributed by atoms with Crippen LogP contribution in [0.15, 0.2) is 42.5 Å². The summed E-state index contributed by atoms with van der Waals surface area (Å²) in [6, 6.07) is 10.7. The van der Waals surface area contributed by atoms with Crippen molar-refractivity contribution in [1.29, 1.82) is 0 Å². The van der Waals surface area contributed by atoms with Crippen LogP contribution in [0.3, 0.4) is 0 Å². The Morgan fingerprint density at radius 3 is 2.05 bits per heavy atom. The fraction of sp³-hybridized carbons (Fsp3) is 0.529. The van der Waals surface area contributed by atoms with E-state index >= 15 is 0 Å². The number of carbonyl (C=O) groups excluding carboxylic acids is 4. The van der Waals surface area contributed by atoms with E-state index < -0.39 is 35.6 Å².